The van der Waals surface area contributed by atoms with Crippen LogP contribution in [0.4, 0.5) is 5.69 Å². The number of carbonyl (C=O) groups is 3. The van der Waals surface area contributed by atoms with Gasteiger partial charge in [0, 0.05) is 22.5 Å². The molecular formula is C19H19BrN6O5S. The summed E-state index contributed by atoms with van der Waals surface area (Å²) in [6.07, 6.45) is -0.309. The number of carboxylic acid groups (broad SMARTS) is 1. The minimum atomic E-state index is -1.22. The molecule has 1 fully saturated rings. The molecule has 0 bridgehead atoms. The fraction of sp³-hybridized carbons (Fsp3) is 0.263. The van der Waals surface area contributed by atoms with Crippen LogP contribution in [0.15, 0.2) is 51.5 Å². The molecule has 5 N–H and O–H groups in total. The number of epoxide rings is 1. The number of ether oxygens (including phenoxy) is 1. The lowest BCUT2D eigenvalue weighted by Crippen LogP contribution is -2.50. The molecule has 32 heavy (non-hydrogen) atoms. The number of nitrogens with one attached hydrogen (secondary N) is 4. The number of thiazole rings is 1. The maximum Gasteiger partial charge on any atom is 0.336 e. The zero-order valence-electron chi connectivity index (χ0n) is 16.4. The van der Waals surface area contributed by atoms with E-state index in [-0.39, 0.29) is 13.0 Å². The zero-order valence-corrected chi connectivity index (χ0v) is 18.9. The number of halogens is 1. The lowest BCUT2D eigenvalue weighted by Gasteiger charge is -2.17. The summed E-state index contributed by atoms with van der Waals surface area (Å²) in [5, 5.41) is 17.8. The number of hydrogen-bond acceptors (Lipinski definition) is 9. The van der Waals surface area contributed by atoms with Gasteiger partial charge >= 0.3 is 5.97 Å². The maximum absolute atomic E-state index is 12.8. The molecule has 3 heterocycles. The van der Waals surface area contributed by atoms with E-state index >= 15 is 0 Å². The van der Waals surface area contributed by atoms with Crippen LogP contribution in [-0.2, 0) is 25.5 Å². The topological polar surface area (TPSA) is 148 Å². The van der Waals surface area contributed by atoms with Crippen molar-refractivity contribution in [1.82, 2.24) is 26.6 Å². The number of nitrogens with zero attached hydrogens (tertiary/aromatic N) is 2. The highest BCUT2D eigenvalue weighted by molar-refractivity contribution is 9.10. The van der Waals surface area contributed by atoms with Gasteiger partial charge in [-0.2, -0.15) is 0 Å². The van der Waals surface area contributed by atoms with Crippen LogP contribution in [0.1, 0.15) is 5.69 Å². The minimum Gasteiger partial charge on any atom is -0.479 e. The Morgan fingerprint density at radius 1 is 1.28 bits per heavy atom. The highest BCUT2D eigenvalue weighted by Gasteiger charge is 2.51. The molecule has 1 saturated heterocycles. The van der Waals surface area contributed by atoms with Gasteiger partial charge in [-0.25, -0.2) is 9.78 Å². The first-order valence-corrected chi connectivity index (χ1v) is 11.2. The van der Waals surface area contributed by atoms with E-state index < -0.39 is 36.0 Å². The SMILES string of the molecule is O=C(NCC1=CN(c2ccc(Br)cc2)NN1)[C@H](Cc1cscn1)NC(=O)[C@H]1O[C@@H]1C(=O)O. The lowest BCUT2D eigenvalue weighted by atomic mass is 10.1. The molecule has 2 aliphatic heterocycles. The first-order chi connectivity index (χ1) is 15.4. The van der Waals surface area contributed by atoms with Crippen LogP contribution in [-0.4, -0.2) is 52.7 Å². The molecule has 2 aromatic rings. The number of rotatable bonds is 9. The average Bonchev–Trinajstić information content (AvgIpc) is 3.17. The molecule has 0 aliphatic carbocycles. The van der Waals surface area contributed by atoms with E-state index in [9.17, 15) is 14.4 Å². The van der Waals surface area contributed by atoms with E-state index in [1.54, 1.807) is 22.1 Å². The smallest absolute Gasteiger partial charge is 0.336 e. The van der Waals surface area contributed by atoms with Crippen molar-refractivity contribution in [2.45, 2.75) is 24.7 Å². The van der Waals surface area contributed by atoms with Gasteiger partial charge in [0.15, 0.2) is 12.2 Å². The van der Waals surface area contributed by atoms with Crippen molar-refractivity contribution in [2.75, 3.05) is 11.6 Å². The van der Waals surface area contributed by atoms with Crippen LogP contribution in [0.5, 0.6) is 0 Å². The van der Waals surface area contributed by atoms with E-state index in [0.29, 0.717) is 11.4 Å². The molecule has 0 radical (unpaired) electrons. The summed E-state index contributed by atoms with van der Waals surface area (Å²) in [5.41, 5.74) is 9.82. The normalized spacial score (nSPS) is 20.2. The predicted molar refractivity (Wildman–Crippen MR) is 118 cm³/mol. The second kappa shape index (κ2) is 9.65. The number of benzene rings is 1. The molecule has 0 spiro atoms. The van der Waals surface area contributed by atoms with E-state index in [2.05, 4.69) is 42.5 Å². The number of amides is 2. The molecule has 0 unspecified atom stereocenters. The second-order valence-electron chi connectivity index (χ2n) is 7.02. The molecule has 168 valence electrons. The third-order valence-corrected chi connectivity index (χ3v) is 5.87. The summed E-state index contributed by atoms with van der Waals surface area (Å²) in [6, 6.07) is 6.73. The van der Waals surface area contributed by atoms with Crippen LogP contribution < -0.4 is 26.6 Å². The first kappa shape index (κ1) is 22.2. The summed E-state index contributed by atoms with van der Waals surface area (Å²) in [6.45, 7) is 0.181. The third-order valence-electron chi connectivity index (χ3n) is 4.70. The third kappa shape index (κ3) is 5.43. The molecule has 13 heteroatoms. The lowest BCUT2D eigenvalue weighted by molar-refractivity contribution is -0.138. The Bertz CT molecular complexity index is 1030. The molecule has 4 rings (SSSR count). The predicted octanol–water partition coefficient (Wildman–Crippen LogP) is 0.272. The molecule has 0 saturated carbocycles. The van der Waals surface area contributed by atoms with Crippen LogP contribution in [0.25, 0.3) is 0 Å². The number of carboxylic acids is 1. The van der Waals surface area contributed by atoms with Crippen molar-refractivity contribution < 1.29 is 24.2 Å². The Labute approximate surface area is 194 Å². The van der Waals surface area contributed by atoms with Crippen LogP contribution >= 0.6 is 27.3 Å². The number of aliphatic carboxylic acids is 1. The van der Waals surface area contributed by atoms with Crippen LogP contribution in [0, 0.1) is 0 Å². The number of carbonyl (C=O) groups excluding carboxylic acids is 2. The van der Waals surface area contributed by atoms with Gasteiger partial charge in [-0.05, 0) is 24.3 Å². The van der Waals surface area contributed by atoms with Gasteiger partial charge in [0.2, 0.25) is 5.91 Å². The zero-order chi connectivity index (χ0) is 22.7. The van der Waals surface area contributed by atoms with Gasteiger partial charge in [0.1, 0.15) is 6.04 Å². The average molecular weight is 523 g/mol. The van der Waals surface area contributed by atoms with Crippen LogP contribution in [0.3, 0.4) is 0 Å². The minimum absolute atomic E-state index is 0.168. The first-order valence-electron chi connectivity index (χ1n) is 9.51. The van der Waals surface area contributed by atoms with Gasteiger partial charge in [-0.1, -0.05) is 15.9 Å². The number of hydrazine groups is 2. The van der Waals surface area contributed by atoms with Crippen molar-refractivity contribution in [2.24, 2.45) is 0 Å². The standard InChI is InChI=1S/C19H19BrN6O5S/c20-10-1-3-13(4-2-10)26-7-12(24-25-26)6-21-17(27)14(5-11-8-32-9-22-11)23-18(28)15-16(31-15)19(29)30/h1-4,7-9,14-16,24-25H,5-6H2,(H,21,27)(H,23,28)(H,29,30)/t14-,15-,16-/m0/s1. The summed E-state index contributed by atoms with van der Waals surface area (Å²) in [4.78, 5) is 40.2. The van der Waals surface area contributed by atoms with E-state index in [4.69, 9.17) is 9.84 Å². The van der Waals surface area contributed by atoms with E-state index in [1.807, 2.05) is 24.3 Å². The number of anilines is 1. The van der Waals surface area contributed by atoms with Crippen molar-refractivity contribution in [1.29, 1.82) is 0 Å². The molecule has 1 aromatic carbocycles. The molecule has 3 atom stereocenters. The fourth-order valence-corrected chi connectivity index (χ4v) is 3.83. The quantitative estimate of drug-likeness (QED) is 0.292. The maximum atomic E-state index is 12.8. The molecular weight excluding hydrogens is 504 g/mol. The Morgan fingerprint density at radius 2 is 2.06 bits per heavy atom. The van der Waals surface area contributed by atoms with Gasteiger partial charge in [-0.3, -0.25) is 14.6 Å². The summed E-state index contributed by atoms with van der Waals surface area (Å²) in [7, 11) is 0. The summed E-state index contributed by atoms with van der Waals surface area (Å²) in [5.74, 6) is -2.29. The van der Waals surface area contributed by atoms with E-state index in [0.717, 1.165) is 10.2 Å². The Balaban J connectivity index is 1.35. The fourth-order valence-electron chi connectivity index (χ4n) is 3.00. The molecule has 2 aliphatic rings. The molecule has 2 amide bonds. The summed E-state index contributed by atoms with van der Waals surface area (Å²) < 4.78 is 5.83. The number of hydrogen-bond donors (Lipinski definition) is 5. The van der Waals surface area contributed by atoms with Crippen molar-refractivity contribution in [3.05, 3.63) is 57.2 Å². The monoisotopic (exact) mass is 522 g/mol. The second-order valence-corrected chi connectivity index (χ2v) is 8.65. The van der Waals surface area contributed by atoms with Crippen LogP contribution in [0.2, 0.25) is 0 Å². The van der Waals surface area contributed by atoms with Crippen molar-refractivity contribution in [3.8, 4) is 0 Å². The molecule has 11 nitrogen and oxygen atoms in total. The largest absolute Gasteiger partial charge is 0.479 e. The molecule has 1 aromatic heterocycles. The summed E-state index contributed by atoms with van der Waals surface area (Å²) >= 11 is 4.77. The van der Waals surface area contributed by atoms with Crippen molar-refractivity contribution in [3.63, 3.8) is 0 Å². The Hall–Kier alpha value is -3.00. The van der Waals surface area contributed by atoms with Gasteiger partial charge in [0.25, 0.3) is 5.91 Å². The van der Waals surface area contributed by atoms with Crippen molar-refractivity contribution >= 4 is 50.7 Å². The van der Waals surface area contributed by atoms with Gasteiger partial charge < -0.3 is 25.9 Å². The number of aromatic nitrogens is 1. The van der Waals surface area contributed by atoms with Gasteiger partial charge in [0.05, 0.1) is 29.1 Å². The Morgan fingerprint density at radius 3 is 2.72 bits per heavy atom. The highest BCUT2D eigenvalue weighted by atomic mass is 79.9. The Kier molecular flexibility index (Phi) is 6.69. The van der Waals surface area contributed by atoms with Gasteiger partial charge in [-0.15, -0.1) is 16.9 Å². The highest BCUT2D eigenvalue weighted by Crippen LogP contribution is 2.22. The van der Waals surface area contributed by atoms with E-state index in [1.165, 1.54) is 11.3 Å².